The first-order chi connectivity index (χ1) is 12.0. The van der Waals surface area contributed by atoms with Gasteiger partial charge in [-0.15, -0.1) is 0 Å². The Labute approximate surface area is 144 Å². The number of aliphatic hydroxyl groups excluding tert-OH is 1. The molecule has 2 N–H and O–H groups in total. The highest BCUT2D eigenvalue weighted by atomic mass is 19.1. The minimum atomic E-state index is -0.669. The summed E-state index contributed by atoms with van der Waals surface area (Å²) in [4.78, 5) is 10.4. The Morgan fingerprint density at radius 3 is 2.68 bits per heavy atom. The number of anilines is 1. The number of rotatable bonds is 8. The van der Waals surface area contributed by atoms with Crippen molar-refractivity contribution in [3.63, 3.8) is 0 Å². The number of hydrogen-bond donors (Lipinski definition) is 2. The van der Waals surface area contributed by atoms with Crippen LogP contribution in [-0.4, -0.2) is 30.4 Å². The second-order valence-electron chi connectivity index (χ2n) is 5.27. The third-order valence-corrected chi connectivity index (χ3v) is 3.57. The fourth-order valence-corrected chi connectivity index (χ4v) is 2.32. The molecule has 25 heavy (non-hydrogen) atoms. The van der Waals surface area contributed by atoms with Crippen molar-refractivity contribution in [1.82, 2.24) is 0 Å². The van der Waals surface area contributed by atoms with E-state index in [4.69, 9.17) is 14.6 Å². The molecule has 1 unspecified atom stereocenters. The van der Waals surface area contributed by atoms with Gasteiger partial charge in [0.05, 0.1) is 24.7 Å². The largest absolute Gasteiger partial charge is 0.493 e. The lowest BCUT2D eigenvalue weighted by Crippen LogP contribution is -2.09. The predicted molar refractivity (Wildman–Crippen MR) is 90.7 cm³/mol. The molecule has 0 aliphatic rings. The molecule has 1 atom stereocenters. The van der Waals surface area contributed by atoms with Crippen molar-refractivity contribution in [3.8, 4) is 11.5 Å². The molecule has 0 aliphatic heterocycles. The van der Waals surface area contributed by atoms with Gasteiger partial charge in [-0.1, -0.05) is 6.07 Å². The van der Waals surface area contributed by atoms with Crippen LogP contribution in [0.25, 0.3) is 0 Å². The van der Waals surface area contributed by atoms with E-state index in [1.54, 1.807) is 18.2 Å². The van der Waals surface area contributed by atoms with Crippen molar-refractivity contribution in [2.45, 2.75) is 13.0 Å². The van der Waals surface area contributed by atoms with Crippen molar-refractivity contribution >= 4 is 11.4 Å². The molecule has 0 aromatic heterocycles. The lowest BCUT2D eigenvalue weighted by molar-refractivity contribution is -0.384. The van der Waals surface area contributed by atoms with Crippen LogP contribution in [0.15, 0.2) is 36.4 Å². The number of methoxy groups -OCH3 is 1. The molecular formula is C17H19FN2O5. The summed E-state index contributed by atoms with van der Waals surface area (Å²) in [5, 5.41) is 22.9. The molecule has 0 radical (unpaired) electrons. The Bertz CT molecular complexity index is 754. The predicted octanol–water partition coefficient (Wildman–Crippen LogP) is 3.29. The van der Waals surface area contributed by atoms with Crippen molar-refractivity contribution in [1.29, 1.82) is 0 Å². The quantitative estimate of drug-likeness (QED) is 0.560. The highest BCUT2D eigenvalue weighted by Crippen LogP contribution is 2.33. The van der Waals surface area contributed by atoms with Crippen LogP contribution in [0.4, 0.5) is 15.8 Å². The molecular weight excluding hydrogens is 331 g/mol. The molecule has 0 amide bonds. The number of aliphatic hydroxyl groups is 1. The summed E-state index contributed by atoms with van der Waals surface area (Å²) in [5.41, 5.74) is 0.687. The molecule has 7 nitrogen and oxygen atoms in total. The molecule has 0 bridgehead atoms. The SMILES string of the molecule is COc1cc(C(C)Nc2ccc(F)cc2[N+](=O)[O-])ccc1OCCO. The normalized spacial score (nSPS) is 11.7. The maximum Gasteiger partial charge on any atom is 0.295 e. The maximum absolute atomic E-state index is 13.2. The van der Waals surface area contributed by atoms with Gasteiger partial charge in [0, 0.05) is 6.04 Å². The zero-order chi connectivity index (χ0) is 18.4. The highest BCUT2D eigenvalue weighted by Gasteiger charge is 2.18. The summed E-state index contributed by atoms with van der Waals surface area (Å²) in [6.45, 7) is 1.85. The molecule has 0 aliphatic carbocycles. The smallest absolute Gasteiger partial charge is 0.295 e. The van der Waals surface area contributed by atoms with Crippen molar-refractivity contribution in [3.05, 3.63) is 57.9 Å². The van der Waals surface area contributed by atoms with Crippen LogP contribution < -0.4 is 14.8 Å². The third-order valence-electron chi connectivity index (χ3n) is 3.57. The summed E-state index contributed by atoms with van der Waals surface area (Å²) in [6.07, 6.45) is 0. The minimum Gasteiger partial charge on any atom is -0.493 e. The van der Waals surface area contributed by atoms with Crippen molar-refractivity contribution in [2.24, 2.45) is 0 Å². The molecule has 0 saturated carbocycles. The highest BCUT2D eigenvalue weighted by molar-refractivity contribution is 5.62. The fraction of sp³-hybridized carbons (Fsp3) is 0.294. The number of nitro benzene ring substituents is 1. The molecule has 2 aromatic carbocycles. The van der Waals surface area contributed by atoms with Gasteiger partial charge in [-0.05, 0) is 36.8 Å². The van der Waals surface area contributed by atoms with E-state index in [9.17, 15) is 14.5 Å². The van der Waals surface area contributed by atoms with Gasteiger partial charge in [0.15, 0.2) is 11.5 Å². The number of nitro groups is 1. The summed E-state index contributed by atoms with van der Waals surface area (Å²) in [6, 6.07) is 8.28. The van der Waals surface area contributed by atoms with Crippen molar-refractivity contribution < 1.29 is 23.9 Å². The molecule has 0 spiro atoms. The molecule has 0 saturated heterocycles. The molecule has 0 heterocycles. The van der Waals surface area contributed by atoms with Gasteiger partial charge in [0.1, 0.15) is 18.1 Å². The lowest BCUT2D eigenvalue weighted by atomic mass is 10.1. The van der Waals surface area contributed by atoms with Crippen LogP contribution in [0.1, 0.15) is 18.5 Å². The topological polar surface area (TPSA) is 93.9 Å². The van der Waals surface area contributed by atoms with E-state index < -0.39 is 10.7 Å². The standard InChI is InChI=1S/C17H19FN2O5/c1-11(19-14-5-4-13(18)10-15(14)20(22)23)12-3-6-16(25-8-7-21)17(9-12)24-2/h3-6,9-11,19,21H,7-8H2,1-2H3. The van der Waals surface area contributed by atoms with Crippen LogP contribution in [0, 0.1) is 15.9 Å². The zero-order valence-electron chi connectivity index (χ0n) is 13.9. The maximum atomic E-state index is 13.2. The second kappa shape index (κ2) is 8.29. The Kier molecular flexibility index (Phi) is 6.13. The minimum absolute atomic E-state index is 0.114. The summed E-state index contributed by atoms with van der Waals surface area (Å²) in [7, 11) is 1.49. The number of nitrogens with one attached hydrogen (secondary N) is 1. The van der Waals surface area contributed by atoms with Crippen LogP contribution in [0.5, 0.6) is 11.5 Å². The number of ether oxygens (including phenoxy) is 2. The molecule has 8 heteroatoms. The van der Waals surface area contributed by atoms with E-state index >= 15 is 0 Å². The molecule has 0 fully saturated rings. The molecule has 2 rings (SSSR count). The first-order valence-corrected chi connectivity index (χ1v) is 7.58. The lowest BCUT2D eigenvalue weighted by Gasteiger charge is -2.18. The van der Waals surface area contributed by atoms with E-state index in [0.29, 0.717) is 11.5 Å². The third kappa shape index (κ3) is 4.57. The molecule has 134 valence electrons. The van der Waals surface area contributed by atoms with Gasteiger partial charge in [-0.2, -0.15) is 0 Å². The Morgan fingerprint density at radius 1 is 1.28 bits per heavy atom. The number of halogens is 1. The van der Waals surface area contributed by atoms with E-state index in [2.05, 4.69) is 5.32 Å². The first-order valence-electron chi connectivity index (χ1n) is 7.58. The first kappa shape index (κ1) is 18.5. The van der Waals surface area contributed by atoms with E-state index in [1.165, 1.54) is 13.2 Å². The average Bonchev–Trinajstić information content (AvgIpc) is 2.60. The van der Waals surface area contributed by atoms with Gasteiger partial charge in [0.25, 0.3) is 5.69 Å². The summed E-state index contributed by atoms with van der Waals surface area (Å²) >= 11 is 0. The van der Waals surface area contributed by atoms with Crippen LogP contribution in [0.3, 0.4) is 0 Å². The van der Waals surface area contributed by atoms with Crippen molar-refractivity contribution in [2.75, 3.05) is 25.6 Å². The average molecular weight is 350 g/mol. The number of nitrogens with zero attached hydrogens (tertiary/aromatic N) is 1. The van der Waals surface area contributed by atoms with Gasteiger partial charge < -0.3 is 19.9 Å². The Hall–Kier alpha value is -2.87. The van der Waals surface area contributed by atoms with Gasteiger partial charge in [-0.3, -0.25) is 10.1 Å². The van der Waals surface area contributed by atoms with Crippen LogP contribution >= 0.6 is 0 Å². The summed E-state index contributed by atoms with van der Waals surface area (Å²) in [5.74, 6) is 0.297. The van der Waals surface area contributed by atoms with Gasteiger partial charge in [0.2, 0.25) is 0 Å². The number of benzene rings is 2. The Morgan fingerprint density at radius 2 is 2.04 bits per heavy atom. The van der Waals surface area contributed by atoms with E-state index in [1.807, 2.05) is 6.92 Å². The number of hydrogen-bond acceptors (Lipinski definition) is 6. The fourth-order valence-electron chi connectivity index (χ4n) is 2.32. The zero-order valence-corrected chi connectivity index (χ0v) is 13.9. The summed E-state index contributed by atoms with van der Waals surface area (Å²) < 4.78 is 23.9. The Balaban J connectivity index is 2.24. The van der Waals surface area contributed by atoms with Crippen LogP contribution in [-0.2, 0) is 0 Å². The van der Waals surface area contributed by atoms with Crippen LogP contribution in [0.2, 0.25) is 0 Å². The monoisotopic (exact) mass is 350 g/mol. The van der Waals surface area contributed by atoms with Gasteiger partial charge in [-0.25, -0.2) is 4.39 Å². The van der Waals surface area contributed by atoms with E-state index in [-0.39, 0.29) is 30.6 Å². The molecule has 2 aromatic rings. The van der Waals surface area contributed by atoms with E-state index in [0.717, 1.165) is 17.7 Å². The van der Waals surface area contributed by atoms with Gasteiger partial charge >= 0.3 is 0 Å². The second-order valence-corrected chi connectivity index (χ2v) is 5.27.